The van der Waals surface area contributed by atoms with E-state index in [4.69, 9.17) is 0 Å². The molecule has 3 heteroatoms. The third-order valence-electron chi connectivity index (χ3n) is 2.15. The first kappa shape index (κ1) is 8.69. The summed E-state index contributed by atoms with van der Waals surface area (Å²) in [5, 5.41) is 0. The fourth-order valence-corrected chi connectivity index (χ4v) is 1.36. The van der Waals surface area contributed by atoms with E-state index in [-0.39, 0.29) is 5.91 Å². The van der Waals surface area contributed by atoms with Gasteiger partial charge in [0.05, 0.1) is 5.69 Å². The van der Waals surface area contributed by atoms with Crippen molar-refractivity contribution in [3.63, 3.8) is 0 Å². The number of carbonyl (C=O) groups excluding carboxylic acids is 1. The number of hydrogen-bond donors (Lipinski definition) is 0. The van der Waals surface area contributed by atoms with Crippen LogP contribution in [-0.4, -0.2) is 19.2 Å². The molecule has 1 aliphatic rings. The van der Waals surface area contributed by atoms with Crippen LogP contribution in [0.4, 0.5) is 5.69 Å². The molecule has 0 aromatic heterocycles. The molecule has 0 fully saturated rings. The van der Waals surface area contributed by atoms with Crippen LogP contribution in [0.1, 0.15) is 5.56 Å². The van der Waals surface area contributed by atoms with Gasteiger partial charge in [0.1, 0.15) is 0 Å². The Bertz CT molecular complexity index is 421. The molecular formula is C11H10N2O. The third-order valence-corrected chi connectivity index (χ3v) is 2.15. The fraction of sp³-hybridized carbons (Fsp3) is 0.0909. The van der Waals surface area contributed by atoms with Crippen molar-refractivity contribution in [3.05, 3.63) is 42.1 Å². The molecule has 3 nitrogen and oxygen atoms in total. The average molecular weight is 186 g/mol. The molecule has 70 valence electrons. The zero-order chi connectivity index (χ0) is 9.97. The molecule has 0 bridgehead atoms. The Hall–Kier alpha value is -1.90. The Morgan fingerprint density at radius 2 is 2.07 bits per heavy atom. The van der Waals surface area contributed by atoms with E-state index in [1.807, 2.05) is 24.3 Å². The van der Waals surface area contributed by atoms with Gasteiger partial charge in [0.2, 0.25) is 0 Å². The van der Waals surface area contributed by atoms with E-state index in [0.717, 1.165) is 11.3 Å². The number of nitrogens with zero attached hydrogens (tertiary/aromatic N) is 2. The highest BCUT2D eigenvalue weighted by Crippen LogP contribution is 2.18. The molecule has 2 rings (SSSR count). The Morgan fingerprint density at radius 1 is 1.29 bits per heavy atom. The summed E-state index contributed by atoms with van der Waals surface area (Å²) in [5.41, 5.74) is 1.83. The van der Waals surface area contributed by atoms with E-state index < -0.39 is 0 Å². The molecule has 0 atom stereocenters. The van der Waals surface area contributed by atoms with Crippen LogP contribution in [0.2, 0.25) is 0 Å². The van der Waals surface area contributed by atoms with Gasteiger partial charge in [0.25, 0.3) is 5.91 Å². The number of rotatable bonds is 0. The molecule has 1 amide bonds. The zero-order valence-electron chi connectivity index (χ0n) is 7.84. The predicted molar refractivity (Wildman–Crippen MR) is 56.6 cm³/mol. The Morgan fingerprint density at radius 3 is 2.93 bits per heavy atom. The second-order valence-electron chi connectivity index (χ2n) is 3.05. The van der Waals surface area contributed by atoms with E-state index in [0.29, 0.717) is 0 Å². The summed E-state index contributed by atoms with van der Waals surface area (Å²) in [6, 6.07) is 7.66. The number of benzene rings is 1. The zero-order valence-corrected chi connectivity index (χ0v) is 7.84. The van der Waals surface area contributed by atoms with Gasteiger partial charge in [-0.15, -0.1) is 0 Å². The van der Waals surface area contributed by atoms with Crippen molar-refractivity contribution >= 4 is 17.8 Å². The molecular weight excluding hydrogens is 176 g/mol. The van der Waals surface area contributed by atoms with Crippen LogP contribution < -0.4 is 4.90 Å². The van der Waals surface area contributed by atoms with Gasteiger partial charge in [-0.05, 0) is 6.07 Å². The SMILES string of the molecule is CN1C(=O)C=CN=Cc2ccccc21. The van der Waals surface area contributed by atoms with E-state index in [9.17, 15) is 4.79 Å². The number of hydrogen-bond acceptors (Lipinski definition) is 2. The lowest BCUT2D eigenvalue weighted by atomic mass is 10.1. The first-order valence-corrected chi connectivity index (χ1v) is 4.35. The van der Waals surface area contributed by atoms with Crippen LogP contribution in [0.3, 0.4) is 0 Å². The second-order valence-corrected chi connectivity index (χ2v) is 3.05. The maximum Gasteiger partial charge on any atom is 0.252 e. The maximum atomic E-state index is 11.5. The van der Waals surface area contributed by atoms with Gasteiger partial charge in [0.15, 0.2) is 0 Å². The molecule has 0 radical (unpaired) electrons. The Kier molecular flexibility index (Phi) is 2.14. The minimum absolute atomic E-state index is 0.0608. The van der Waals surface area contributed by atoms with E-state index in [1.165, 1.54) is 12.3 Å². The third kappa shape index (κ3) is 1.44. The largest absolute Gasteiger partial charge is 0.311 e. The quantitative estimate of drug-likeness (QED) is 0.605. The smallest absolute Gasteiger partial charge is 0.252 e. The molecule has 0 saturated carbocycles. The van der Waals surface area contributed by atoms with E-state index in [2.05, 4.69) is 4.99 Å². The first-order chi connectivity index (χ1) is 6.79. The predicted octanol–water partition coefficient (Wildman–Crippen LogP) is 1.60. The number of amides is 1. The highest BCUT2D eigenvalue weighted by Gasteiger charge is 2.11. The van der Waals surface area contributed by atoms with Gasteiger partial charge in [-0.2, -0.15) is 0 Å². The first-order valence-electron chi connectivity index (χ1n) is 4.35. The molecule has 0 spiro atoms. The lowest BCUT2D eigenvalue weighted by Gasteiger charge is -2.18. The van der Waals surface area contributed by atoms with Gasteiger partial charge in [0, 0.05) is 31.1 Å². The summed E-state index contributed by atoms with van der Waals surface area (Å²) in [6.07, 6.45) is 4.70. The normalized spacial score (nSPS) is 14.9. The van der Waals surface area contributed by atoms with Gasteiger partial charge >= 0.3 is 0 Å². The molecule has 0 N–H and O–H groups in total. The summed E-state index contributed by atoms with van der Waals surface area (Å²) in [5.74, 6) is -0.0608. The van der Waals surface area contributed by atoms with Gasteiger partial charge in [-0.25, -0.2) is 0 Å². The monoisotopic (exact) mass is 186 g/mol. The summed E-state index contributed by atoms with van der Waals surface area (Å²) >= 11 is 0. The number of carbonyl (C=O) groups is 1. The maximum absolute atomic E-state index is 11.5. The number of likely N-dealkylation sites (N-methyl/N-ethyl adjacent to an activating group) is 1. The lowest BCUT2D eigenvalue weighted by molar-refractivity contribution is -0.113. The van der Waals surface area contributed by atoms with Crippen LogP contribution in [0, 0.1) is 0 Å². The molecule has 1 aromatic carbocycles. The molecule has 0 unspecified atom stereocenters. The topological polar surface area (TPSA) is 32.7 Å². The van der Waals surface area contributed by atoms with Gasteiger partial charge < -0.3 is 4.90 Å². The minimum Gasteiger partial charge on any atom is -0.311 e. The van der Waals surface area contributed by atoms with Crippen molar-refractivity contribution in [1.29, 1.82) is 0 Å². The fourth-order valence-electron chi connectivity index (χ4n) is 1.36. The number of para-hydroxylation sites is 1. The summed E-state index contributed by atoms with van der Waals surface area (Å²) < 4.78 is 0. The van der Waals surface area contributed by atoms with E-state index in [1.54, 1.807) is 18.2 Å². The van der Waals surface area contributed by atoms with Crippen LogP contribution in [0.5, 0.6) is 0 Å². The number of aliphatic imine (C=N–C) groups is 1. The van der Waals surface area contributed by atoms with E-state index >= 15 is 0 Å². The minimum atomic E-state index is -0.0608. The van der Waals surface area contributed by atoms with Crippen molar-refractivity contribution in [2.45, 2.75) is 0 Å². The molecule has 1 heterocycles. The van der Waals surface area contributed by atoms with Crippen molar-refractivity contribution < 1.29 is 4.79 Å². The van der Waals surface area contributed by atoms with Crippen LogP contribution in [0.15, 0.2) is 41.5 Å². The Balaban J connectivity index is 2.57. The van der Waals surface area contributed by atoms with Gasteiger partial charge in [-0.1, -0.05) is 18.2 Å². The molecule has 1 aromatic rings. The molecule has 0 saturated heterocycles. The molecule has 14 heavy (non-hydrogen) atoms. The van der Waals surface area contributed by atoms with Crippen molar-refractivity contribution in [2.75, 3.05) is 11.9 Å². The van der Waals surface area contributed by atoms with Crippen LogP contribution in [-0.2, 0) is 4.79 Å². The summed E-state index contributed by atoms with van der Waals surface area (Å²) in [7, 11) is 1.75. The average Bonchev–Trinajstić information content (AvgIpc) is 2.22. The Labute approximate surface area is 82.4 Å². The molecule has 1 aliphatic heterocycles. The van der Waals surface area contributed by atoms with Crippen LogP contribution >= 0.6 is 0 Å². The lowest BCUT2D eigenvalue weighted by Crippen LogP contribution is -2.25. The van der Waals surface area contributed by atoms with Crippen molar-refractivity contribution in [1.82, 2.24) is 0 Å². The van der Waals surface area contributed by atoms with Crippen molar-refractivity contribution in [2.24, 2.45) is 4.99 Å². The molecule has 0 aliphatic carbocycles. The highest BCUT2D eigenvalue weighted by atomic mass is 16.2. The number of anilines is 1. The summed E-state index contributed by atoms with van der Waals surface area (Å²) in [6.45, 7) is 0. The summed E-state index contributed by atoms with van der Waals surface area (Å²) in [4.78, 5) is 17.1. The van der Waals surface area contributed by atoms with Gasteiger partial charge in [-0.3, -0.25) is 9.79 Å². The standard InChI is InChI=1S/C11H10N2O/c1-13-10-5-3-2-4-9(10)8-12-7-6-11(13)14/h2-8H,1H3. The number of fused-ring (bicyclic) bond motifs is 1. The van der Waals surface area contributed by atoms with Crippen LogP contribution in [0.25, 0.3) is 0 Å². The highest BCUT2D eigenvalue weighted by molar-refractivity contribution is 6.05. The van der Waals surface area contributed by atoms with Crippen molar-refractivity contribution in [3.8, 4) is 0 Å². The second kappa shape index (κ2) is 3.46.